The quantitative estimate of drug-likeness (QED) is 0.669. The number of carbonyl (C=O) groups is 1. The van der Waals surface area contributed by atoms with E-state index < -0.39 is 24.8 Å². The van der Waals surface area contributed by atoms with E-state index in [0.717, 1.165) is 0 Å². The van der Waals surface area contributed by atoms with Gasteiger partial charge in [-0.15, -0.1) is 11.6 Å². The van der Waals surface area contributed by atoms with Crippen LogP contribution in [0.2, 0.25) is 5.02 Å². The summed E-state index contributed by atoms with van der Waals surface area (Å²) in [6, 6.07) is 4.37. The highest BCUT2D eigenvalue weighted by atomic mass is 35.5. The van der Waals surface area contributed by atoms with Gasteiger partial charge in [0, 0.05) is 16.5 Å². The number of hydrogen-bond donors (Lipinski definition) is 3. The zero-order chi connectivity index (χ0) is 14.4. The van der Waals surface area contributed by atoms with Crippen molar-refractivity contribution in [1.29, 1.82) is 0 Å². The summed E-state index contributed by atoms with van der Waals surface area (Å²) in [4.78, 5) is 10.5. The molecule has 0 heterocycles. The van der Waals surface area contributed by atoms with E-state index in [4.69, 9.17) is 33.0 Å². The van der Waals surface area contributed by atoms with Gasteiger partial charge in [-0.3, -0.25) is 0 Å². The smallest absolute Gasteiger partial charge is 0.341 e. The number of carboxylic acids is 1. The first kappa shape index (κ1) is 16.0. The third kappa shape index (κ3) is 4.87. The Labute approximate surface area is 120 Å². The second-order valence-corrected chi connectivity index (χ2v) is 4.67. The van der Waals surface area contributed by atoms with Crippen molar-refractivity contribution in [2.75, 3.05) is 12.5 Å². The molecule has 0 spiro atoms. The van der Waals surface area contributed by atoms with Crippen LogP contribution in [0, 0.1) is 0 Å². The van der Waals surface area contributed by atoms with Gasteiger partial charge in [0.05, 0.1) is 6.10 Å². The van der Waals surface area contributed by atoms with Gasteiger partial charge in [-0.05, 0) is 18.6 Å². The largest absolute Gasteiger partial charge is 0.481 e. The molecule has 1 aromatic carbocycles. The number of hydrogen-bond acceptors (Lipinski definition) is 4. The third-order valence-electron chi connectivity index (χ3n) is 2.41. The van der Waals surface area contributed by atoms with Crippen LogP contribution in [0.1, 0.15) is 18.1 Å². The molecule has 1 aromatic rings. The van der Waals surface area contributed by atoms with E-state index in [1.54, 1.807) is 0 Å². The highest BCUT2D eigenvalue weighted by molar-refractivity contribution is 6.30. The molecule has 3 N–H and O–H groups in total. The molecule has 2 unspecified atom stereocenters. The molecule has 19 heavy (non-hydrogen) atoms. The third-order valence-corrected chi connectivity index (χ3v) is 2.87. The molecular formula is C12H14Cl2O5. The molecule has 0 aliphatic heterocycles. The Balaban J connectivity index is 2.94. The maximum Gasteiger partial charge on any atom is 0.341 e. The van der Waals surface area contributed by atoms with Crippen LogP contribution >= 0.6 is 23.2 Å². The van der Waals surface area contributed by atoms with Crippen molar-refractivity contribution >= 4 is 29.2 Å². The van der Waals surface area contributed by atoms with Gasteiger partial charge in [0.15, 0.2) is 6.61 Å². The minimum absolute atomic E-state index is 0.121. The van der Waals surface area contributed by atoms with E-state index in [-0.39, 0.29) is 23.6 Å². The summed E-state index contributed by atoms with van der Waals surface area (Å²) in [6.45, 7) is -0.564. The number of rotatable bonds is 7. The lowest BCUT2D eigenvalue weighted by molar-refractivity contribution is -0.139. The summed E-state index contributed by atoms with van der Waals surface area (Å²) >= 11 is 11.3. The monoisotopic (exact) mass is 308 g/mol. The number of benzene rings is 1. The number of halogens is 2. The first-order valence-electron chi connectivity index (χ1n) is 5.52. The molecule has 7 heteroatoms. The predicted molar refractivity (Wildman–Crippen MR) is 70.9 cm³/mol. The Morgan fingerprint density at radius 2 is 2.05 bits per heavy atom. The van der Waals surface area contributed by atoms with Crippen LogP contribution in [0.5, 0.6) is 5.75 Å². The average Bonchev–Trinajstić information content (AvgIpc) is 2.36. The fraction of sp³-hybridized carbons (Fsp3) is 0.417. The first-order valence-corrected chi connectivity index (χ1v) is 6.43. The van der Waals surface area contributed by atoms with Crippen molar-refractivity contribution in [3.8, 4) is 5.75 Å². The Morgan fingerprint density at radius 1 is 1.37 bits per heavy atom. The van der Waals surface area contributed by atoms with Gasteiger partial charge >= 0.3 is 5.97 Å². The Hall–Kier alpha value is -1.01. The number of aliphatic hydroxyl groups excluding tert-OH is 2. The number of ether oxygens (including phenoxy) is 1. The standard InChI is InChI=1S/C12H14Cl2O5/c13-4-3-9(15)12(18)8-2-1-7(14)5-10(8)19-6-11(16)17/h1-2,5,9,12,15,18H,3-4,6H2,(H,16,17). The molecule has 0 saturated heterocycles. The molecule has 0 radical (unpaired) electrons. The van der Waals surface area contributed by atoms with Crippen LogP contribution in [0.4, 0.5) is 0 Å². The molecule has 0 aliphatic rings. The van der Waals surface area contributed by atoms with E-state index >= 15 is 0 Å². The van der Waals surface area contributed by atoms with Crippen LogP contribution in [-0.4, -0.2) is 39.9 Å². The molecular weight excluding hydrogens is 295 g/mol. The second kappa shape index (κ2) is 7.55. The van der Waals surface area contributed by atoms with Gasteiger partial charge in [-0.1, -0.05) is 17.7 Å². The minimum atomic E-state index is -1.22. The number of aliphatic hydroxyl groups is 2. The van der Waals surface area contributed by atoms with E-state index in [0.29, 0.717) is 5.02 Å². The maximum atomic E-state index is 10.5. The Kier molecular flexibility index (Phi) is 6.37. The molecule has 1 rings (SSSR count). The van der Waals surface area contributed by atoms with E-state index in [1.807, 2.05) is 0 Å². The summed E-state index contributed by atoms with van der Waals surface area (Å²) < 4.78 is 5.04. The summed E-state index contributed by atoms with van der Waals surface area (Å²) in [5.74, 6) is -0.838. The predicted octanol–water partition coefficient (Wildman–Crippen LogP) is 1.83. The van der Waals surface area contributed by atoms with Crippen molar-refractivity contribution < 1.29 is 24.9 Å². The van der Waals surface area contributed by atoms with Gasteiger partial charge in [-0.25, -0.2) is 4.79 Å². The molecule has 0 aliphatic carbocycles. The summed E-state index contributed by atoms with van der Waals surface area (Å²) in [5, 5.41) is 28.6. The maximum absolute atomic E-state index is 10.5. The Bertz CT molecular complexity index is 438. The fourth-order valence-corrected chi connectivity index (χ4v) is 1.88. The van der Waals surface area contributed by atoms with E-state index in [2.05, 4.69) is 0 Å². The molecule has 5 nitrogen and oxygen atoms in total. The van der Waals surface area contributed by atoms with Crippen LogP contribution in [0.3, 0.4) is 0 Å². The molecule has 0 fully saturated rings. The topological polar surface area (TPSA) is 87.0 Å². The van der Waals surface area contributed by atoms with Gasteiger partial charge in [-0.2, -0.15) is 0 Å². The fourth-order valence-electron chi connectivity index (χ4n) is 1.49. The first-order chi connectivity index (χ1) is 8.95. The number of carboxylic acid groups (broad SMARTS) is 1. The normalized spacial score (nSPS) is 13.9. The minimum Gasteiger partial charge on any atom is -0.481 e. The van der Waals surface area contributed by atoms with Crippen LogP contribution in [-0.2, 0) is 4.79 Å². The molecule has 2 atom stereocenters. The highest BCUT2D eigenvalue weighted by Crippen LogP contribution is 2.31. The van der Waals surface area contributed by atoms with Crippen molar-refractivity contribution in [2.24, 2.45) is 0 Å². The summed E-state index contributed by atoms with van der Waals surface area (Å²) in [7, 11) is 0. The molecule has 0 aromatic heterocycles. The zero-order valence-electron chi connectivity index (χ0n) is 9.92. The molecule has 106 valence electrons. The molecule has 0 bridgehead atoms. The zero-order valence-corrected chi connectivity index (χ0v) is 11.4. The number of aliphatic carboxylic acids is 1. The van der Waals surface area contributed by atoms with Crippen LogP contribution in [0.15, 0.2) is 18.2 Å². The van der Waals surface area contributed by atoms with Crippen LogP contribution in [0.25, 0.3) is 0 Å². The van der Waals surface area contributed by atoms with Crippen LogP contribution < -0.4 is 4.74 Å². The summed E-state index contributed by atoms with van der Waals surface area (Å²) in [6.07, 6.45) is -2.09. The lowest BCUT2D eigenvalue weighted by Gasteiger charge is -2.20. The van der Waals surface area contributed by atoms with Crippen molar-refractivity contribution in [3.63, 3.8) is 0 Å². The van der Waals surface area contributed by atoms with Crippen molar-refractivity contribution in [3.05, 3.63) is 28.8 Å². The number of alkyl halides is 1. The lowest BCUT2D eigenvalue weighted by Crippen LogP contribution is -2.20. The van der Waals surface area contributed by atoms with Gasteiger partial charge in [0.2, 0.25) is 0 Å². The molecule has 0 amide bonds. The summed E-state index contributed by atoms with van der Waals surface area (Å²) in [5.41, 5.74) is 0.267. The SMILES string of the molecule is O=C(O)COc1cc(Cl)ccc1C(O)C(O)CCCl. The van der Waals surface area contributed by atoms with Gasteiger partial charge in [0.1, 0.15) is 11.9 Å². The lowest BCUT2D eigenvalue weighted by atomic mass is 10.0. The van der Waals surface area contributed by atoms with Crippen molar-refractivity contribution in [2.45, 2.75) is 18.6 Å². The van der Waals surface area contributed by atoms with Gasteiger partial charge < -0.3 is 20.1 Å². The van der Waals surface area contributed by atoms with Gasteiger partial charge in [0.25, 0.3) is 0 Å². The van der Waals surface area contributed by atoms with E-state index in [9.17, 15) is 15.0 Å². The highest BCUT2D eigenvalue weighted by Gasteiger charge is 2.22. The Morgan fingerprint density at radius 3 is 2.63 bits per heavy atom. The van der Waals surface area contributed by atoms with E-state index in [1.165, 1.54) is 18.2 Å². The average molecular weight is 309 g/mol. The second-order valence-electron chi connectivity index (χ2n) is 3.85. The van der Waals surface area contributed by atoms with Crippen molar-refractivity contribution in [1.82, 2.24) is 0 Å². The molecule has 0 saturated carbocycles.